The molecule has 6 heteroatoms. The average Bonchev–Trinajstić information content (AvgIpc) is 3.43. The van der Waals surface area contributed by atoms with Gasteiger partial charge >= 0.3 is 0 Å². The van der Waals surface area contributed by atoms with Gasteiger partial charge < -0.3 is 20.0 Å². The maximum Gasteiger partial charge on any atom is 0.257 e. The second kappa shape index (κ2) is 8.19. The van der Waals surface area contributed by atoms with E-state index in [1.165, 1.54) is 18.1 Å². The molecule has 0 bridgehead atoms. The van der Waals surface area contributed by atoms with Gasteiger partial charge in [0.05, 0.1) is 11.8 Å². The van der Waals surface area contributed by atoms with Gasteiger partial charge in [0.1, 0.15) is 6.26 Å². The third kappa shape index (κ3) is 3.69. The van der Waals surface area contributed by atoms with Crippen LogP contribution < -0.4 is 5.73 Å². The first kappa shape index (κ1) is 18.7. The van der Waals surface area contributed by atoms with Crippen molar-refractivity contribution in [2.75, 3.05) is 32.7 Å². The molecule has 2 amide bonds. The molecule has 3 heterocycles. The highest BCUT2D eigenvalue weighted by atomic mass is 16.3. The molecular formula is C22H27N3O3. The minimum Gasteiger partial charge on any atom is -0.472 e. The average molecular weight is 381 g/mol. The number of benzene rings is 1. The number of nitrogens with two attached hydrogens (primary N) is 1. The number of amides is 2. The quantitative estimate of drug-likeness (QED) is 0.882. The van der Waals surface area contributed by atoms with E-state index in [9.17, 15) is 9.59 Å². The fourth-order valence-electron chi connectivity index (χ4n) is 4.52. The Morgan fingerprint density at radius 1 is 1.04 bits per heavy atom. The van der Waals surface area contributed by atoms with Crippen molar-refractivity contribution < 1.29 is 14.0 Å². The van der Waals surface area contributed by atoms with E-state index in [4.69, 9.17) is 10.2 Å². The van der Waals surface area contributed by atoms with Crippen molar-refractivity contribution in [3.8, 4) is 0 Å². The number of nitrogens with zero attached hydrogens (tertiary/aromatic N) is 2. The third-order valence-electron chi connectivity index (χ3n) is 6.18. The zero-order valence-corrected chi connectivity index (χ0v) is 16.0. The van der Waals surface area contributed by atoms with Gasteiger partial charge in [-0.15, -0.1) is 0 Å². The molecule has 2 atom stereocenters. The van der Waals surface area contributed by atoms with Crippen molar-refractivity contribution >= 4 is 11.8 Å². The standard InChI is InChI=1S/C22H27N3O3/c23-12-19-13-25(14-20(19)16-4-2-1-3-5-16)21(26)17-6-9-24(10-7-17)22(27)18-8-11-28-15-18/h1-5,8,11,15,17,19-20H,6-7,9-10,12-14,23H2/t19-,20+/m1/s1. The van der Waals surface area contributed by atoms with Crippen LogP contribution >= 0.6 is 0 Å². The van der Waals surface area contributed by atoms with E-state index < -0.39 is 0 Å². The van der Waals surface area contributed by atoms with Gasteiger partial charge in [-0.25, -0.2) is 0 Å². The number of rotatable bonds is 4. The molecule has 148 valence electrons. The summed E-state index contributed by atoms with van der Waals surface area (Å²) in [5.41, 5.74) is 7.84. The fraction of sp³-hybridized carbons (Fsp3) is 0.455. The number of carbonyl (C=O) groups is 2. The van der Waals surface area contributed by atoms with Crippen LogP contribution in [0.25, 0.3) is 0 Å². The fourth-order valence-corrected chi connectivity index (χ4v) is 4.52. The summed E-state index contributed by atoms with van der Waals surface area (Å²) in [5.74, 6) is 0.786. The molecule has 0 unspecified atom stereocenters. The predicted molar refractivity (Wildman–Crippen MR) is 106 cm³/mol. The number of hydrogen-bond acceptors (Lipinski definition) is 4. The third-order valence-corrected chi connectivity index (χ3v) is 6.18. The molecule has 0 saturated carbocycles. The van der Waals surface area contributed by atoms with Gasteiger partial charge in [0, 0.05) is 38.0 Å². The van der Waals surface area contributed by atoms with Gasteiger partial charge in [-0.3, -0.25) is 9.59 Å². The minimum absolute atomic E-state index is 0.0126. The van der Waals surface area contributed by atoms with Crippen LogP contribution in [0, 0.1) is 11.8 Å². The molecule has 1 aromatic carbocycles. The number of carbonyl (C=O) groups excluding carboxylic acids is 2. The van der Waals surface area contributed by atoms with Gasteiger partial charge in [0.2, 0.25) is 5.91 Å². The van der Waals surface area contributed by atoms with E-state index in [-0.39, 0.29) is 17.7 Å². The normalized spacial score (nSPS) is 23.2. The molecule has 2 aromatic rings. The van der Waals surface area contributed by atoms with Crippen LogP contribution in [0.2, 0.25) is 0 Å². The Bertz CT molecular complexity index is 798. The molecule has 0 radical (unpaired) electrons. The molecule has 0 aliphatic carbocycles. The molecule has 2 aliphatic rings. The van der Waals surface area contributed by atoms with Crippen LogP contribution in [0.5, 0.6) is 0 Å². The molecule has 6 nitrogen and oxygen atoms in total. The first-order valence-corrected chi connectivity index (χ1v) is 10.0. The van der Waals surface area contributed by atoms with Crippen molar-refractivity contribution in [1.29, 1.82) is 0 Å². The Balaban J connectivity index is 1.36. The Labute approximate surface area is 165 Å². The summed E-state index contributed by atoms with van der Waals surface area (Å²) < 4.78 is 5.00. The van der Waals surface area contributed by atoms with Crippen LogP contribution in [0.4, 0.5) is 0 Å². The number of furan rings is 1. The second-order valence-corrected chi connectivity index (χ2v) is 7.83. The van der Waals surface area contributed by atoms with E-state index in [1.807, 2.05) is 28.0 Å². The van der Waals surface area contributed by atoms with Gasteiger partial charge in [-0.2, -0.15) is 0 Å². The van der Waals surface area contributed by atoms with Crippen molar-refractivity contribution in [3.63, 3.8) is 0 Å². The maximum atomic E-state index is 13.1. The van der Waals surface area contributed by atoms with Crippen LogP contribution in [0.3, 0.4) is 0 Å². The highest BCUT2D eigenvalue weighted by Crippen LogP contribution is 2.34. The summed E-state index contributed by atoms with van der Waals surface area (Å²) in [7, 11) is 0. The van der Waals surface area contributed by atoms with E-state index >= 15 is 0 Å². The number of hydrogen-bond donors (Lipinski definition) is 1. The Hall–Kier alpha value is -2.60. The molecule has 2 fully saturated rings. The lowest BCUT2D eigenvalue weighted by Crippen LogP contribution is -2.44. The van der Waals surface area contributed by atoms with Gasteiger partial charge in [0.15, 0.2) is 0 Å². The maximum absolute atomic E-state index is 13.1. The van der Waals surface area contributed by atoms with E-state index in [1.54, 1.807) is 6.07 Å². The summed E-state index contributed by atoms with van der Waals surface area (Å²) in [5, 5.41) is 0. The van der Waals surface area contributed by atoms with Crippen molar-refractivity contribution in [2.45, 2.75) is 18.8 Å². The molecule has 1 aromatic heterocycles. The highest BCUT2D eigenvalue weighted by Gasteiger charge is 2.38. The minimum atomic E-state index is -0.0202. The molecule has 28 heavy (non-hydrogen) atoms. The number of likely N-dealkylation sites (tertiary alicyclic amines) is 2. The molecule has 0 spiro atoms. The molecule has 4 rings (SSSR count). The first-order valence-electron chi connectivity index (χ1n) is 10.0. The lowest BCUT2D eigenvalue weighted by atomic mass is 9.89. The summed E-state index contributed by atoms with van der Waals surface area (Å²) in [6.45, 7) is 3.26. The summed E-state index contributed by atoms with van der Waals surface area (Å²) in [6, 6.07) is 12.0. The SMILES string of the molecule is NC[C@@H]1CN(C(=O)C2CCN(C(=O)c3ccoc3)CC2)C[C@H]1c1ccccc1. The molecular weight excluding hydrogens is 354 g/mol. The summed E-state index contributed by atoms with van der Waals surface area (Å²) in [6.07, 6.45) is 4.40. The highest BCUT2D eigenvalue weighted by molar-refractivity contribution is 5.94. The molecule has 2 N–H and O–H groups in total. The van der Waals surface area contributed by atoms with E-state index in [0.717, 1.165) is 13.1 Å². The topological polar surface area (TPSA) is 79.8 Å². The van der Waals surface area contributed by atoms with Crippen molar-refractivity contribution in [1.82, 2.24) is 9.80 Å². The van der Waals surface area contributed by atoms with E-state index in [0.29, 0.717) is 49.9 Å². The zero-order valence-electron chi connectivity index (χ0n) is 16.0. The Morgan fingerprint density at radius 2 is 1.79 bits per heavy atom. The Kier molecular flexibility index (Phi) is 5.48. The molecule has 2 saturated heterocycles. The van der Waals surface area contributed by atoms with Crippen LogP contribution in [-0.2, 0) is 4.79 Å². The Morgan fingerprint density at radius 3 is 2.43 bits per heavy atom. The summed E-state index contributed by atoms with van der Waals surface area (Å²) >= 11 is 0. The smallest absolute Gasteiger partial charge is 0.257 e. The summed E-state index contributed by atoms with van der Waals surface area (Å²) in [4.78, 5) is 29.3. The van der Waals surface area contributed by atoms with Crippen LogP contribution in [0.1, 0.15) is 34.7 Å². The van der Waals surface area contributed by atoms with Gasteiger partial charge in [-0.1, -0.05) is 30.3 Å². The monoisotopic (exact) mass is 381 g/mol. The molecule has 2 aliphatic heterocycles. The van der Waals surface area contributed by atoms with Crippen LogP contribution in [-0.4, -0.2) is 54.3 Å². The van der Waals surface area contributed by atoms with Gasteiger partial charge in [0.25, 0.3) is 5.91 Å². The zero-order chi connectivity index (χ0) is 19.5. The largest absolute Gasteiger partial charge is 0.472 e. The first-order chi connectivity index (χ1) is 13.7. The number of piperidine rings is 1. The van der Waals surface area contributed by atoms with Crippen molar-refractivity contribution in [2.24, 2.45) is 17.6 Å². The second-order valence-electron chi connectivity index (χ2n) is 7.83. The van der Waals surface area contributed by atoms with Crippen LogP contribution in [0.15, 0.2) is 53.3 Å². The van der Waals surface area contributed by atoms with Crippen molar-refractivity contribution in [3.05, 3.63) is 60.1 Å². The van der Waals surface area contributed by atoms with Gasteiger partial charge in [-0.05, 0) is 36.9 Å². The van der Waals surface area contributed by atoms with E-state index in [2.05, 4.69) is 12.1 Å². The lowest BCUT2D eigenvalue weighted by molar-refractivity contribution is -0.136. The lowest BCUT2D eigenvalue weighted by Gasteiger charge is -2.33. The predicted octanol–water partition coefficient (Wildman–Crippen LogP) is 2.33.